The first-order valence-electron chi connectivity index (χ1n) is 3.99. The minimum atomic E-state index is -0.844. The Hall–Kier alpha value is -0.260. The number of rotatable bonds is 6. The summed E-state index contributed by atoms with van der Waals surface area (Å²) in [6, 6.07) is 0. The second-order valence-corrected chi connectivity index (χ2v) is 4.01. The van der Waals surface area contributed by atoms with E-state index in [4.69, 9.17) is 0 Å². The molecular formula is C8H17NO3S. The van der Waals surface area contributed by atoms with Gasteiger partial charge in [0.1, 0.15) is 6.61 Å². The van der Waals surface area contributed by atoms with Gasteiger partial charge in [0.2, 0.25) is 5.91 Å². The second kappa shape index (κ2) is 6.23. The summed E-state index contributed by atoms with van der Waals surface area (Å²) in [7, 11) is 1.46. The number of methoxy groups -OCH3 is 1. The van der Waals surface area contributed by atoms with Crippen molar-refractivity contribution in [1.82, 2.24) is 5.32 Å². The molecule has 0 aromatic carbocycles. The molecule has 13 heavy (non-hydrogen) atoms. The lowest BCUT2D eigenvalue weighted by atomic mass is 10.1. The third-order valence-electron chi connectivity index (χ3n) is 1.40. The summed E-state index contributed by atoms with van der Waals surface area (Å²) in [6.45, 7) is 1.99. The minimum absolute atomic E-state index is 0.0371. The molecule has 0 heterocycles. The third kappa shape index (κ3) is 6.86. The molecule has 0 radical (unpaired) electrons. The molecule has 5 heteroatoms. The standard InChI is InChI=1S/C8H17NO3S/c1-8(11,6-13-3)5-9-7(10)4-12-2/h11H,4-6H2,1-3H3,(H,9,10). The molecule has 1 atom stereocenters. The van der Waals surface area contributed by atoms with Gasteiger partial charge in [0.15, 0.2) is 0 Å². The van der Waals surface area contributed by atoms with Crippen LogP contribution in [0.4, 0.5) is 0 Å². The van der Waals surface area contributed by atoms with Gasteiger partial charge in [-0.3, -0.25) is 4.79 Å². The van der Waals surface area contributed by atoms with Gasteiger partial charge < -0.3 is 15.2 Å². The fraction of sp³-hybridized carbons (Fsp3) is 0.875. The predicted octanol–water partition coefficient (Wildman–Crippen LogP) is -0.137. The van der Waals surface area contributed by atoms with Crippen molar-refractivity contribution in [3.05, 3.63) is 0 Å². The van der Waals surface area contributed by atoms with Gasteiger partial charge in [-0.2, -0.15) is 11.8 Å². The van der Waals surface area contributed by atoms with Crippen molar-refractivity contribution >= 4 is 17.7 Å². The summed E-state index contributed by atoms with van der Waals surface area (Å²) in [5.74, 6) is 0.393. The summed E-state index contributed by atoms with van der Waals surface area (Å²) in [4.78, 5) is 10.9. The van der Waals surface area contributed by atoms with Crippen molar-refractivity contribution in [2.75, 3.05) is 32.3 Å². The number of nitrogens with one attached hydrogen (secondary N) is 1. The van der Waals surface area contributed by atoms with E-state index in [0.717, 1.165) is 0 Å². The van der Waals surface area contributed by atoms with Crippen LogP contribution in [0.25, 0.3) is 0 Å². The van der Waals surface area contributed by atoms with Gasteiger partial charge in [0.05, 0.1) is 5.60 Å². The smallest absolute Gasteiger partial charge is 0.246 e. The van der Waals surface area contributed by atoms with E-state index >= 15 is 0 Å². The van der Waals surface area contributed by atoms with Gasteiger partial charge >= 0.3 is 0 Å². The van der Waals surface area contributed by atoms with Crippen molar-refractivity contribution in [3.8, 4) is 0 Å². The number of amides is 1. The van der Waals surface area contributed by atoms with Crippen LogP contribution in [-0.2, 0) is 9.53 Å². The molecule has 0 aromatic heterocycles. The monoisotopic (exact) mass is 207 g/mol. The first-order chi connectivity index (χ1) is 6.02. The molecule has 4 nitrogen and oxygen atoms in total. The Balaban J connectivity index is 3.67. The van der Waals surface area contributed by atoms with E-state index < -0.39 is 5.60 Å². The zero-order valence-corrected chi connectivity index (χ0v) is 9.11. The molecule has 0 rings (SSSR count). The van der Waals surface area contributed by atoms with Crippen molar-refractivity contribution in [2.24, 2.45) is 0 Å². The Morgan fingerprint density at radius 3 is 2.77 bits per heavy atom. The first kappa shape index (κ1) is 12.7. The lowest BCUT2D eigenvalue weighted by Crippen LogP contribution is -2.43. The number of carbonyl (C=O) groups excluding carboxylic acids is 1. The molecule has 0 fully saturated rings. The lowest BCUT2D eigenvalue weighted by molar-refractivity contribution is -0.125. The second-order valence-electron chi connectivity index (χ2n) is 3.14. The van der Waals surface area contributed by atoms with Crippen molar-refractivity contribution in [1.29, 1.82) is 0 Å². The molecule has 2 N–H and O–H groups in total. The van der Waals surface area contributed by atoms with Crippen LogP contribution >= 0.6 is 11.8 Å². The largest absolute Gasteiger partial charge is 0.387 e. The van der Waals surface area contributed by atoms with Crippen molar-refractivity contribution in [3.63, 3.8) is 0 Å². The number of aliphatic hydroxyl groups is 1. The highest BCUT2D eigenvalue weighted by Crippen LogP contribution is 2.08. The summed E-state index contributed by atoms with van der Waals surface area (Å²) in [5.41, 5.74) is -0.844. The predicted molar refractivity (Wildman–Crippen MR) is 53.9 cm³/mol. The SMILES string of the molecule is COCC(=O)NCC(C)(O)CSC. The molecule has 0 saturated carbocycles. The topological polar surface area (TPSA) is 58.6 Å². The molecule has 0 aliphatic carbocycles. The Morgan fingerprint density at radius 2 is 2.31 bits per heavy atom. The van der Waals surface area contributed by atoms with Gasteiger partial charge in [0, 0.05) is 19.4 Å². The first-order valence-corrected chi connectivity index (χ1v) is 5.38. The maximum Gasteiger partial charge on any atom is 0.246 e. The average Bonchev–Trinajstić information content (AvgIpc) is 2.02. The summed E-state index contributed by atoms with van der Waals surface area (Å²) >= 11 is 1.54. The number of thioether (sulfide) groups is 1. The van der Waals surface area contributed by atoms with E-state index in [9.17, 15) is 9.90 Å². The molecular weight excluding hydrogens is 190 g/mol. The number of hydrogen-bond acceptors (Lipinski definition) is 4. The Kier molecular flexibility index (Phi) is 6.11. The molecule has 0 aliphatic rings. The molecule has 78 valence electrons. The van der Waals surface area contributed by atoms with Crippen LogP contribution in [0.1, 0.15) is 6.92 Å². The quantitative estimate of drug-likeness (QED) is 0.636. The zero-order chi connectivity index (χ0) is 10.3. The van der Waals surface area contributed by atoms with Crippen LogP contribution < -0.4 is 5.32 Å². The summed E-state index contributed by atoms with van der Waals surface area (Å²) in [5, 5.41) is 12.2. The van der Waals surface area contributed by atoms with E-state index in [0.29, 0.717) is 5.75 Å². The molecule has 0 bridgehead atoms. The van der Waals surface area contributed by atoms with Gasteiger partial charge in [0.25, 0.3) is 0 Å². The number of hydrogen-bond donors (Lipinski definition) is 2. The normalized spacial score (nSPS) is 15.1. The van der Waals surface area contributed by atoms with Crippen LogP contribution in [0.15, 0.2) is 0 Å². The zero-order valence-electron chi connectivity index (χ0n) is 8.29. The Bertz CT molecular complexity index is 161. The molecule has 0 spiro atoms. The fourth-order valence-corrected chi connectivity index (χ4v) is 1.56. The van der Waals surface area contributed by atoms with Crippen LogP contribution in [0.3, 0.4) is 0 Å². The Labute approximate surface area is 83.0 Å². The van der Waals surface area contributed by atoms with E-state index in [1.165, 1.54) is 7.11 Å². The van der Waals surface area contributed by atoms with Crippen LogP contribution in [0.2, 0.25) is 0 Å². The maximum atomic E-state index is 10.9. The summed E-state index contributed by atoms with van der Waals surface area (Å²) < 4.78 is 4.63. The average molecular weight is 207 g/mol. The number of carbonyl (C=O) groups is 1. The maximum absolute atomic E-state index is 10.9. The molecule has 1 amide bonds. The van der Waals surface area contributed by atoms with Gasteiger partial charge in [-0.25, -0.2) is 0 Å². The van der Waals surface area contributed by atoms with E-state index in [2.05, 4.69) is 10.1 Å². The number of ether oxygens (including phenoxy) is 1. The molecule has 0 saturated heterocycles. The van der Waals surface area contributed by atoms with Crippen LogP contribution in [-0.4, -0.2) is 48.9 Å². The minimum Gasteiger partial charge on any atom is -0.387 e. The highest BCUT2D eigenvalue weighted by molar-refractivity contribution is 7.98. The van der Waals surface area contributed by atoms with Gasteiger partial charge in [-0.1, -0.05) is 0 Å². The Morgan fingerprint density at radius 1 is 1.69 bits per heavy atom. The van der Waals surface area contributed by atoms with Crippen LogP contribution in [0, 0.1) is 0 Å². The van der Waals surface area contributed by atoms with E-state index in [1.807, 2.05) is 6.26 Å². The van der Waals surface area contributed by atoms with Crippen molar-refractivity contribution in [2.45, 2.75) is 12.5 Å². The van der Waals surface area contributed by atoms with Gasteiger partial charge in [-0.15, -0.1) is 0 Å². The summed E-state index contributed by atoms with van der Waals surface area (Å²) in [6.07, 6.45) is 1.91. The van der Waals surface area contributed by atoms with Gasteiger partial charge in [-0.05, 0) is 13.2 Å². The van der Waals surface area contributed by atoms with Crippen LogP contribution in [0.5, 0.6) is 0 Å². The fourth-order valence-electron chi connectivity index (χ4n) is 0.833. The highest BCUT2D eigenvalue weighted by atomic mass is 32.2. The molecule has 0 aliphatic heterocycles. The third-order valence-corrected chi connectivity index (χ3v) is 2.31. The van der Waals surface area contributed by atoms with E-state index in [1.54, 1.807) is 18.7 Å². The molecule has 0 aromatic rings. The molecule has 1 unspecified atom stereocenters. The lowest BCUT2D eigenvalue weighted by Gasteiger charge is -2.22. The highest BCUT2D eigenvalue weighted by Gasteiger charge is 2.19. The van der Waals surface area contributed by atoms with E-state index in [-0.39, 0.29) is 19.1 Å². The van der Waals surface area contributed by atoms with Crippen molar-refractivity contribution < 1.29 is 14.6 Å².